The van der Waals surface area contributed by atoms with Gasteiger partial charge in [0.2, 0.25) is 0 Å². The molecule has 0 saturated heterocycles. The van der Waals surface area contributed by atoms with Crippen molar-refractivity contribution in [3.05, 3.63) is 53.9 Å². The van der Waals surface area contributed by atoms with E-state index in [2.05, 4.69) is 15.6 Å². The molecule has 0 spiro atoms. The van der Waals surface area contributed by atoms with E-state index in [1.807, 2.05) is 6.07 Å². The Morgan fingerprint density at radius 3 is 2.71 bits per heavy atom. The highest BCUT2D eigenvalue weighted by molar-refractivity contribution is 5.90. The highest BCUT2D eigenvalue weighted by Gasteiger charge is 2.28. The lowest BCUT2D eigenvalue weighted by molar-refractivity contribution is -0.153. The third-order valence-electron chi connectivity index (χ3n) is 3.10. The Balaban J connectivity index is 1.95. The van der Waals surface area contributed by atoms with Crippen molar-refractivity contribution in [1.29, 1.82) is 0 Å². The van der Waals surface area contributed by atoms with Gasteiger partial charge < -0.3 is 15.4 Å². The molecule has 1 aromatic carbocycles. The van der Waals surface area contributed by atoms with Gasteiger partial charge in [0.25, 0.3) is 0 Å². The number of carbonyl (C=O) groups is 1. The molecule has 0 aliphatic carbocycles. The maximum Gasteiger partial charge on any atom is 0.422 e. The van der Waals surface area contributed by atoms with Crippen molar-refractivity contribution in [1.82, 2.24) is 10.3 Å². The molecule has 8 heteroatoms. The molecule has 0 unspecified atom stereocenters. The molecule has 0 aliphatic rings. The van der Waals surface area contributed by atoms with Crippen molar-refractivity contribution in [3.63, 3.8) is 0 Å². The molecule has 2 rings (SSSR count). The molecular formula is C16H16F3N3O2. The van der Waals surface area contributed by atoms with E-state index in [0.717, 1.165) is 5.56 Å². The first kappa shape index (κ1) is 17.6. The summed E-state index contributed by atoms with van der Waals surface area (Å²) in [5, 5.41) is 5.23. The van der Waals surface area contributed by atoms with Gasteiger partial charge in [-0.1, -0.05) is 12.1 Å². The monoisotopic (exact) mass is 339 g/mol. The van der Waals surface area contributed by atoms with Crippen LogP contribution in [0.1, 0.15) is 11.1 Å². The number of benzene rings is 1. The average Bonchev–Trinajstić information content (AvgIpc) is 2.54. The summed E-state index contributed by atoms with van der Waals surface area (Å²) in [5.74, 6) is 0.0670. The number of nitrogens with zero attached hydrogens (tertiary/aromatic N) is 1. The minimum atomic E-state index is -4.42. The molecule has 2 N–H and O–H groups in total. The van der Waals surface area contributed by atoms with Crippen LogP contribution in [0.4, 0.5) is 23.7 Å². The van der Waals surface area contributed by atoms with Crippen LogP contribution in [0.2, 0.25) is 0 Å². The Labute approximate surface area is 136 Å². The lowest BCUT2D eigenvalue weighted by Gasteiger charge is -2.15. The molecule has 0 radical (unpaired) electrons. The number of halogens is 3. The summed E-state index contributed by atoms with van der Waals surface area (Å²) in [5.41, 5.74) is 1.61. The number of rotatable bonds is 5. The van der Waals surface area contributed by atoms with Gasteiger partial charge in [-0.3, -0.25) is 4.98 Å². The molecule has 128 valence electrons. The van der Waals surface area contributed by atoms with Crippen LogP contribution in [0, 0.1) is 6.92 Å². The summed E-state index contributed by atoms with van der Waals surface area (Å²) in [6, 6.07) is 7.59. The number of amides is 2. The highest BCUT2D eigenvalue weighted by Crippen LogP contribution is 2.27. The molecule has 24 heavy (non-hydrogen) atoms. The van der Waals surface area contributed by atoms with Crippen LogP contribution < -0.4 is 15.4 Å². The number of ether oxygens (including phenoxy) is 1. The average molecular weight is 339 g/mol. The van der Waals surface area contributed by atoms with E-state index in [1.54, 1.807) is 31.5 Å². The third kappa shape index (κ3) is 5.45. The minimum Gasteiger partial charge on any atom is -0.484 e. The maximum atomic E-state index is 12.2. The topological polar surface area (TPSA) is 63.2 Å². The SMILES string of the molecule is Cc1c(NC(=O)NCc2cccnc2)cccc1OCC(F)(F)F. The van der Waals surface area contributed by atoms with Gasteiger partial charge in [-0.05, 0) is 30.7 Å². The zero-order valence-electron chi connectivity index (χ0n) is 12.9. The van der Waals surface area contributed by atoms with Gasteiger partial charge in [-0.25, -0.2) is 4.79 Å². The zero-order valence-corrected chi connectivity index (χ0v) is 12.9. The van der Waals surface area contributed by atoms with E-state index in [4.69, 9.17) is 4.74 Å². The minimum absolute atomic E-state index is 0.0670. The number of aromatic nitrogens is 1. The van der Waals surface area contributed by atoms with Crippen LogP contribution in [0.15, 0.2) is 42.7 Å². The van der Waals surface area contributed by atoms with Gasteiger partial charge in [0.1, 0.15) is 5.75 Å². The quantitative estimate of drug-likeness (QED) is 0.874. The first-order chi connectivity index (χ1) is 11.3. The van der Waals surface area contributed by atoms with Crippen molar-refractivity contribution >= 4 is 11.7 Å². The predicted octanol–water partition coefficient (Wildman–Crippen LogP) is 3.65. The molecular weight excluding hydrogens is 323 g/mol. The predicted molar refractivity (Wildman–Crippen MR) is 82.8 cm³/mol. The van der Waals surface area contributed by atoms with Gasteiger partial charge in [0.15, 0.2) is 6.61 Å². The number of hydrogen-bond donors (Lipinski definition) is 2. The van der Waals surface area contributed by atoms with Gasteiger partial charge in [0.05, 0.1) is 0 Å². The zero-order chi connectivity index (χ0) is 17.6. The normalized spacial score (nSPS) is 11.0. The number of anilines is 1. The summed E-state index contributed by atoms with van der Waals surface area (Å²) < 4.78 is 41.5. The second-order valence-electron chi connectivity index (χ2n) is 5.00. The van der Waals surface area contributed by atoms with Crippen molar-refractivity contribution in [3.8, 4) is 5.75 Å². The van der Waals surface area contributed by atoms with Crippen molar-refractivity contribution in [2.75, 3.05) is 11.9 Å². The molecule has 0 bridgehead atoms. The number of nitrogens with one attached hydrogen (secondary N) is 2. The standard InChI is InChI=1S/C16H16F3N3O2/c1-11-13(5-2-6-14(11)24-10-16(17,18)19)22-15(23)21-9-12-4-3-7-20-8-12/h2-8H,9-10H2,1H3,(H2,21,22,23). The lowest BCUT2D eigenvalue weighted by Crippen LogP contribution is -2.28. The molecule has 2 aromatic rings. The second kappa shape index (κ2) is 7.67. The summed E-state index contributed by atoms with van der Waals surface area (Å²) in [7, 11) is 0. The Kier molecular flexibility index (Phi) is 5.62. The molecule has 0 saturated carbocycles. The van der Waals surface area contributed by atoms with Crippen LogP contribution in [-0.4, -0.2) is 23.8 Å². The van der Waals surface area contributed by atoms with Gasteiger partial charge in [-0.15, -0.1) is 0 Å². The van der Waals surface area contributed by atoms with E-state index in [0.29, 0.717) is 11.3 Å². The summed E-state index contributed by atoms with van der Waals surface area (Å²) >= 11 is 0. The Bertz CT molecular complexity index is 691. The first-order valence-electron chi connectivity index (χ1n) is 7.08. The Hall–Kier alpha value is -2.77. The molecule has 0 aliphatic heterocycles. The number of alkyl halides is 3. The third-order valence-corrected chi connectivity index (χ3v) is 3.10. The van der Waals surface area contributed by atoms with Crippen LogP contribution in [0.25, 0.3) is 0 Å². The van der Waals surface area contributed by atoms with E-state index < -0.39 is 18.8 Å². The first-order valence-corrected chi connectivity index (χ1v) is 7.08. The fourth-order valence-corrected chi connectivity index (χ4v) is 1.92. The Morgan fingerprint density at radius 1 is 1.25 bits per heavy atom. The van der Waals surface area contributed by atoms with E-state index in [9.17, 15) is 18.0 Å². The molecule has 5 nitrogen and oxygen atoms in total. The Morgan fingerprint density at radius 2 is 2.04 bits per heavy atom. The molecule has 2 amide bonds. The van der Waals surface area contributed by atoms with Gasteiger partial charge in [0, 0.05) is 30.2 Å². The number of urea groups is 1. The molecule has 1 heterocycles. The van der Waals surface area contributed by atoms with Gasteiger partial charge in [-0.2, -0.15) is 13.2 Å². The largest absolute Gasteiger partial charge is 0.484 e. The van der Waals surface area contributed by atoms with E-state index in [1.165, 1.54) is 12.1 Å². The fourth-order valence-electron chi connectivity index (χ4n) is 1.92. The van der Waals surface area contributed by atoms with Crippen LogP contribution in [0.3, 0.4) is 0 Å². The molecule has 1 aromatic heterocycles. The van der Waals surface area contributed by atoms with Gasteiger partial charge >= 0.3 is 12.2 Å². The fraction of sp³-hybridized carbons (Fsp3) is 0.250. The number of pyridine rings is 1. The molecule has 0 atom stereocenters. The van der Waals surface area contributed by atoms with Crippen molar-refractivity contribution < 1.29 is 22.7 Å². The summed E-state index contributed by atoms with van der Waals surface area (Å²) in [6.45, 7) is 0.468. The second-order valence-corrected chi connectivity index (χ2v) is 5.00. The lowest BCUT2D eigenvalue weighted by atomic mass is 10.2. The maximum absolute atomic E-state index is 12.2. The summed E-state index contributed by atoms with van der Waals surface area (Å²) in [6.07, 6.45) is -1.17. The summed E-state index contributed by atoms with van der Waals surface area (Å²) in [4.78, 5) is 15.8. The smallest absolute Gasteiger partial charge is 0.422 e. The van der Waals surface area contributed by atoms with Crippen LogP contribution >= 0.6 is 0 Å². The van der Waals surface area contributed by atoms with E-state index in [-0.39, 0.29) is 12.3 Å². The highest BCUT2D eigenvalue weighted by atomic mass is 19.4. The number of carbonyl (C=O) groups excluding carboxylic acids is 1. The van der Waals surface area contributed by atoms with Crippen molar-refractivity contribution in [2.24, 2.45) is 0 Å². The van der Waals surface area contributed by atoms with Crippen LogP contribution in [0.5, 0.6) is 5.75 Å². The van der Waals surface area contributed by atoms with Crippen molar-refractivity contribution in [2.45, 2.75) is 19.6 Å². The van der Waals surface area contributed by atoms with Crippen LogP contribution in [-0.2, 0) is 6.54 Å². The molecule has 0 fully saturated rings. The number of hydrogen-bond acceptors (Lipinski definition) is 3. The van der Waals surface area contributed by atoms with E-state index >= 15 is 0 Å².